The van der Waals surface area contributed by atoms with Crippen LogP contribution in [-0.4, -0.2) is 48.2 Å². The van der Waals surface area contributed by atoms with Gasteiger partial charge in [0.25, 0.3) is 0 Å². The second kappa shape index (κ2) is 7.56. The average molecular weight is 342 g/mol. The quantitative estimate of drug-likeness (QED) is 0.502. The van der Waals surface area contributed by atoms with Gasteiger partial charge < -0.3 is 19.1 Å². The Labute approximate surface area is 144 Å². The van der Waals surface area contributed by atoms with Crippen molar-refractivity contribution in [1.29, 1.82) is 10.9 Å². The molecule has 2 N–H and O–H groups in total. The number of hydrogen-bond donors (Lipinski definition) is 2. The maximum atomic E-state index is 12.1. The van der Waals surface area contributed by atoms with E-state index in [1.165, 1.54) is 0 Å². The maximum absolute atomic E-state index is 12.1. The van der Waals surface area contributed by atoms with Gasteiger partial charge in [-0.05, 0) is 5.56 Å². The summed E-state index contributed by atoms with van der Waals surface area (Å²) in [7, 11) is 0. The van der Waals surface area contributed by atoms with Crippen LogP contribution in [0.25, 0.3) is 0 Å². The molecule has 1 fully saturated rings. The summed E-state index contributed by atoms with van der Waals surface area (Å²) >= 11 is 0. The van der Waals surface area contributed by atoms with Crippen LogP contribution < -0.4 is 4.90 Å². The van der Waals surface area contributed by atoms with E-state index in [1.807, 2.05) is 35.2 Å². The van der Waals surface area contributed by atoms with Crippen LogP contribution >= 0.6 is 0 Å². The van der Waals surface area contributed by atoms with E-state index in [1.54, 1.807) is 11.0 Å². The van der Waals surface area contributed by atoms with Gasteiger partial charge in [0.05, 0.1) is 0 Å². The summed E-state index contributed by atoms with van der Waals surface area (Å²) in [5, 5.41) is 14.3. The maximum Gasteiger partial charge on any atom is 0.410 e. The second-order valence-electron chi connectivity index (χ2n) is 5.52. The van der Waals surface area contributed by atoms with Gasteiger partial charge in [0.15, 0.2) is 5.82 Å². The highest BCUT2D eigenvalue weighted by molar-refractivity contribution is 5.94. The lowest BCUT2D eigenvalue weighted by Gasteiger charge is -2.33. The molecule has 0 aliphatic carbocycles. The molecular formula is C16H18N6O3. The molecule has 2 aromatic rings. The molecule has 25 heavy (non-hydrogen) atoms. The molecule has 0 radical (unpaired) electrons. The smallest absolute Gasteiger partial charge is 0.410 e. The summed E-state index contributed by atoms with van der Waals surface area (Å²) in [5.74, 6) is 0.442. The molecule has 1 aromatic heterocycles. The molecule has 0 saturated carbocycles. The fraction of sp³-hybridized carbons (Fsp3) is 0.312. The Kier molecular flexibility index (Phi) is 5.03. The van der Waals surface area contributed by atoms with Crippen molar-refractivity contribution in [3.63, 3.8) is 0 Å². The molecule has 0 atom stereocenters. The largest absolute Gasteiger partial charge is 0.445 e. The number of amides is 1. The molecule has 1 saturated heterocycles. The fourth-order valence-electron chi connectivity index (χ4n) is 2.51. The van der Waals surface area contributed by atoms with Gasteiger partial charge in [-0.15, -0.1) is 5.11 Å². The number of rotatable bonds is 4. The van der Waals surface area contributed by atoms with E-state index < -0.39 is 0 Å². The Morgan fingerprint density at radius 3 is 2.64 bits per heavy atom. The van der Waals surface area contributed by atoms with E-state index >= 15 is 0 Å². The fourth-order valence-corrected chi connectivity index (χ4v) is 2.51. The standard InChI is InChI=1S/C16H18N6O3/c17-15(19-18)13-10-14(20-25-13)21-6-8-22(9-7-21)16(23)24-11-12-4-2-1-3-5-12/h1-5,10,17-18H,6-9,11H2. The van der Waals surface area contributed by atoms with Gasteiger partial charge in [-0.3, -0.25) is 5.41 Å². The van der Waals surface area contributed by atoms with Crippen LogP contribution in [0, 0.1) is 10.9 Å². The first-order valence-corrected chi connectivity index (χ1v) is 7.81. The minimum atomic E-state index is -0.334. The van der Waals surface area contributed by atoms with Gasteiger partial charge in [-0.1, -0.05) is 35.5 Å². The highest BCUT2D eigenvalue weighted by atomic mass is 16.6. The van der Waals surface area contributed by atoms with Crippen molar-refractivity contribution in [3.8, 4) is 0 Å². The number of amidine groups is 1. The predicted molar refractivity (Wildman–Crippen MR) is 88.9 cm³/mol. The van der Waals surface area contributed by atoms with Crippen molar-refractivity contribution >= 4 is 17.7 Å². The van der Waals surface area contributed by atoms with Crippen LogP contribution in [0.2, 0.25) is 0 Å². The summed E-state index contributed by atoms with van der Waals surface area (Å²) in [5.41, 5.74) is 7.77. The van der Waals surface area contributed by atoms with E-state index in [9.17, 15) is 4.79 Å². The zero-order valence-corrected chi connectivity index (χ0v) is 13.5. The molecule has 1 aliphatic heterocycles. The first-order chi connectivity index (χ1) is 12.2. The summed E-state index contributed by atoms with van der Waals surface area (Å²) in [6, 6.07) is 11.1. The average Bonchev–Trinajstić information content (AvgIpc) is 3.16. The first kappa shape index (κ1) is 16.6. The molecule has 1 amide bonds. The van der Waals surface area contributed by atoms with Gasteiger partial charge in [-0.2, -0.15) is 0 Å². The Hall–Kier alpha value is -3.23. The van der Waals surface area contributed by atoms with E-state index in [4.69, 9.17) is 20.2 Å². The van der Waals surface area contributed by atoms with Crippen molar-refractivity contribution in [3.05, 3.63) is 47.7 Å². The van der Waals surface area contributed by atoms with Gasteiger partial charge in [-0.25, -0.2) is 10.3 Å². The van der Waals surface area contributed by atoms with Gasteiger partial charge >= 0.3 is 6.09 Å². The number of aromatic nitrogens is 1. The third-order valence-corrected chi connectivity index (χ3v) is 3.91. The number of anilines is 1. The Balaban J connectivity index is 1.49. The van der Waals surface area contributed by atoms with E-state index in [0.29, 0.717) is 32.0 Å². The number of carbonyl (C=O) groups excluding carboxylic acids is 1. The number of ether oxygens (including phenoxy) is 1. The van der Waals surface area contributed by atoms with Gasteiger partial charge in [0.2, 0.25) is 11.6 Å². The molecular weight excluding hydrogens is 324 g/mol. The molecule has 1 aliphatic rings. The first-order valence-electron chi connectivity index (χ1n) is 7.81. The lowest BCUT2D eigenvalue weighted by atomic mass is 10.2. The summed E-state index contributed by atoms with van der Waals surface area (Å²) in [6.45, 7) is 2.44. The summed E-state index contributed by atoms with van der Waals surface area (Å²) in [6.07, 6.45) is -0.334. The molecule has 0 unspecified atom stereocenters. The number of hydrogen-bond acceptors (Lipinski definition) is 7. The van der Waals surface area contributed by atoms with E-state index in [-0.39, 0.29) is 24.3 Å². The molecule has 3 rings (SSSR count). The van der Waals surface area contributed by atoms with Crippen LogP contribution in [0.4, 0.5) is 10.6 Å². The number of nitrogens with zero attached hydrogens (tertiary/aromatic N) is 4. The molecule has 2 heterocycles. The third kappa shape index (κ3) is 4.00. The highest BCUT2D eigenvalue weighted by Gasteiger charge is 2.24. The van der Waals surface area contributed by atoms with Crippen LogP contribution in [0.5, 0.6) is 0 Å². The number of piperazine rings is 1. The minimum Gasteiger partial charge on any atom is -0.445 e. The molecule has 9 heteroatoms. The second-order valence-corrected chi connectivity index (χ2v) is 5.52. The van der Waals surface area contributed by atoms with E-state index in [2.05, 4.69) is 10.3 Å². The highest BCUT2D eigenvalue weighted by Crippen LogP contribution is 2.17. The van der Waals surface area contributed by atoms with Crippen LogP contribution in [0.15, 0.2) is 46.0 Å². The summed E-state index contributed by atoms with van der Waals surface area (Å²) < 4.78 is 10.3. The van der Waals surface area contributed by atoms with Crippen molar-refractivity contribution < 1.29 is 14.1 Å². The van der Waals surface area contributed by atoms with Crippen LogP contribution in [-0.2, 0) is 11.3 Å². The predicted octanol–water partition coefficient (Wildman–Crippen LogP) is 2.49. The van der Waals surface area contributed by atoms with Crippen LogP contribution in [0.1, 0.15) is 11.3 Å². The molecule has 0 bridgehead atoms. The van der Waals surface area contributed by atoms with Crippen LogP contribution in [0.3, 0.4) is 0 Å². The van der Waals surface area contributed by atoms with Crippen molar-refractivity contribution in [2.75, 3.05) is 31.1 Å². The summed E-state index contributed by atoms with van der Waals surface area (Å²) in [4.78, 5) is 15.7. The lowest BCUT2D eigenvalue weighted by Crippen LogP contribution is -2.49. The number of carbonyl (C=O) groups is 1. The molecule has 9 nitrogen and oxygen atoms in total. The zero-order chi connectivity index (χ0) is 17.6. The Morgan fingerprint density at radius 1 is 1.24 bits per heavy atom. The Bertz CT molecular complexity index is 752. The topological polar surface area (TPSA) is 119 Å². The SMILES string of the molecule is N=NC(=N)c1cc(N2CCN(C(=O)OCc3ccccc3)CC2)no1. The lowest BCUT2D eigenvalue weighted by molar-refractivity contribution is 0.0941. The third-order valence-electron chi connectivity index (χ3n) is 3.91. The van der Waals surface area contributed by atoms with Gasteiger partial charge in [0.1, 0.15) is 6.61 Å². The normalized spacial score (nSPS) is 14.2. The van der Waals surface area contributed by atoms with Crippen molar-refractivity contribution in [2.45, 2.75) is 6.61 Å². The van der Waals surface area contributed by atoms with E-state index in [0.717, 1.165) is 5.56 Å². The zero-order valence-electron chi connectivity index (χ0n) is 13.5. The van der Waals surface area contributed by atoms with Gasteiger partial charge in [0, 0.05) is 32.2 Å². The molecule has 1 aromatic carbocycles. The van der Waals surface area contributed by atoms with Crippen molar-refractivity contribution in [1.82, 2.24) is 10.1 Å². The molecule has 130 valence electrons. The Morgan fingerprint density at radius 2 is 1.96 bits per heavy atom. The monoisotopic (exact) mass is 342 g/mol. The number of nitrogens with one attached hydrogen (secondary N) is 2. The number of benzene rings is 1. The van der Waals surface area contributed by atoms with Crippen molar-refractivity contribution in [2.24, 2.45) is 5.11 Å². The molecule has 0 spiro atoms. The minimum absolute atomic E-state index is 0.148.